The van der Waals surface area contributed by atoms with Crippen LogP contribution in [0.15, 0.2) is 35.1 Å². The summed E-state index contributed by atoms with van der Waals surface area (Å²) in [6.07, 6.45) is 1.09. The Hall–Kier alpha value is -3.38. The number of hydrogen-bond acceptors (Lipinski definition) is 8. The summed E-state index contributed by atoms with van der Waals surface area (Å²) in [7, 11) is 0. The number of nitrogens with zero attached hydrogens (tertiary/aromatic N) is 3. The van der Waals surface area contributed by atoms with Gasteiger partial charge in [0.25, 0.3) is 5.88 Å². The van der Waals surface area contributed by atoms with Gasteiger partial charge in [0.2, 0.25) is 0 Å². The highest BCUT2D eigenvalue weighted by molar-refractivity contribution is 5.90. The summed E-state index contributed by atoms with van der Waals surface area (Å²) in [5, 5.41) is 12.3. The van der Waals surface area contributed by atoms with Gasteiger partial charge in [-0.15, -0.1) is 12.4 Å². The molecule has 0 saturated carbocycles. The molecule has 1 fully saturated rings. The van der Waals surface area contributed by atoms with Gasteiger partial charge in [-0.1, -0.05) is 6.08 Å². The maximum atomic E-state index is 14.9. The van der Waals surface area contributed by atoms with E-state index in [1.165, 1.54) is 17.2 Å². The molecule has 2 aliphatic heterocycles. The summed E-state index contributed by atoms with van der Waals surface area (Å²) in [5.41, 5.74) is 0.222. The van der Waals surface area contributed by atoms with E-state index in [4.69, 9.17) is 19.3 Å². The summed E-state index contributed by atoms with van der Waals surface area (Å²) in [4.78, 5) is 26.6. The number of cyclic esters (lactones) is 1. The van der Waals surface area contributed by atoms with Crippen molar-refractivity contribution in [2.24, 2.45) is 0 Å². The van der Waals surface area contributed by atoms with Crippen molar-refractivity contribution in [3.05, 3.63) is 47.7 Å². The van der Waals surface area contributed by atoms with E-state index < -0.39 is 29.9 Å². The van der Waals surface area contributed by atoms with Gasteiger partial charge in [-0.3, -0.25) is 4.90 Å². The first-order chi connectivity index (χ1) is 16.0. The van der Waals surface area contributed by atoms with Crippen LogP contribution in [0.4, 0.5) is 24.1 Å². The fraction of sp³-hybridized carbons (Fsp3) is 0.381. The molecule has 13 heteroatoms. The number of benzene rings is 1. The Morgan fingerprint density at radius 3 is 2.68 bits per heavy atom. The molecule has 1 aromatic heterocycles. The zero-order valence-corrected chi connectivity index (χ0v) is 18.6. The molecule has 2 aromatic rings. The molecule has 4 rings (SSSR count). The molecule has 0 spiro atoms. The number of carbonyl (C=O) groups excluding carboxylic acids is 2. The van der Waals surface area contributed by atoms with Crippen molar-refractivity contribution in [1.29, 1.82) is 0 Å². The van der Waals surface area contributed by atoms with Crippen molar-refractivity contribution < 1.29 is 42.2 Å². The van der Waals surface area contributed by atoms with Gasteiger partial charge in [0.05, 0.1) is 18.8 Å². The molecule has 1 unspecified atom stereocenters. The minimum atomic E-state index is -0.831. The van der Waals surface area contributed by atoms with Crippen LogP contribution >= 0.6 is 12.4 Å². The second-order valence-corrected chi connectivity index (χ2v) is 7.31. The third-order valence-electron chi connectivity index (χ3n) is 5.15. The number of carbonyl (C=O) groups is 2. The highest BCUT2D eigenvalue weighted by atomic mass is 35.5. The van der Waals surface area contributed by atoms with Gasteiger partial charge in [-0.2, -0.15) is 0 Å². The summed E-state index contributed by atoms with van der Waals surface area (Å²) < 4.78 is 49.8. The molecule has 1 N–H and O–H groups in total. The summed E-state index contributed by atoms with van der Waals surface area (Å²) in [6.45, 7) is -0.0369. The molecule has 34 heavy (non-hydrogen) atoms. The van der Waals surface area contributed by atoms with Crippen LogP contribution in [0.2, 0.25) is 0 Å². The van der Waals surface area contributed by atoms with Gasteiger partial charge >= 0.3 is 12.2 Å². The lowest BCUT2D eigenvalue weighted by atomic mass is 9.98. The number of aromatic nitrogens is 1. The molecule has 1 atom stereocenters. The van der Waals surface area contributed by atoms with E-state index >= 15 is 0 Å². The molecule has 184 valence electrons. The number of hydrogen-bond donors (Lipinski definition) is 1. The summed E-state index contributed by atoms with van der Waals surface area (Å²) >= 11 is 0. The number of amides is 2. The molecule has 1 aromatic carbocycles. The standard InChI is InChI=1S/C21H21F2N3O7.ClH/c22-16-9-14(26-11-15(33-21(26)29)12-31-18-3-7-32-24-18)10-17(23)19(16)13-1-4-25(5-2-13)20(28)30-8-6-27;/h1,3,7,9-10,15,27H,2,4-6,8,11-12H2;1H. The molecule has 10 nitrogen and oxygen atoms in total. The van der Waals surface area contributed by atoms with Crippen LogP contribution in [0.25, 0.3) is 5.57 Å². The van der Waals surface area contributed by atoms with E-state index in [-0.39, 0.29) is 75.4 Å². The number of ether oxygens (including phenoxy) is 3. The van der Waals surface area contributed by atoms with Crippen molar-refractivity contribution in [2.45, 2.75) is 12.5 Å². The van der Waals surface area contributed by atoms with Crippen molar-refractivity contribution in [1.82, 2.24) is 10.1 Å². The average molecular weight is 502 g/mol. The third kappa shape index (κ3) is 5.57. The first kappa shape index (κ1) is 25.2. The zero-order chi connectivity index (χ0) is 23.4. The predicted molar refractivity (Wildman–Crippen MR) is 116 cm³/mol. The predicted octanol–water partition coefficient (Wildman–Crippen LogP) is 3.00. The quantitative estimate of drug-likeness (QED) is 0.616. The van der Waals surface area contributed by atoms with Crippen LogP contribution in [0.5, 0.6) is 5.88 Å². The summed E-state index contributed by atoms with van der Waals surface area (Å²) in [6, 6.07) is 3.64. The van der Waals surface area contributed by atoms with E-state index in [0.29, 0.717) is 5.57 Å². The lowest BCUT2D eigenvalue weighted by Crippen LogP contribution is -2.35. The van der Waals surface area contributed by atoms with Crippen LogP contribution in [-0.4, -0.2) is 72.9 Å². The average Bonchev–Trinajstić information content (AvgIpc) is 3.45. The molecule has 0 radical (unpaired) electrons. The number of aliphatic hydroxyl groups excluding tert-OH is 1. The minimum Gasteiger partial charge on any atom is -0.471 e. The largest absolute Gasteiger partial charge is 0.471 e. The fourth-order valence-corrected chi connectivity index (χ4v) is 3.58. The first-order valence-corrected chi connectivity index (χ1v) is 10.2. The van der Waals surface area contributed by atoms with E-state index in [9.17, 15) is 18.4 Å². The van der Waals surface area contributed by atoms with Crippen LogP contribution in [-0.2, 0) is 9.47 Å². The molecular formula is C21H22ClF2N3O7. The lowest BCUT2D eigenvalue weighted by Gasteiger charge is -2.26. The highest BCUT2D eigenvalue weighted by Gasteiger charge is 2.34. The molecule has 2 amide bonds. The van der Waals surface area contributed by atoms with E-state index in [0.717, 1.165) is 17.0 Å². The Bertz CT molecular complexity index is 1030. The minimum absolute atomic E-state index is 0. The third-order valence-corrected chi connectivity index (χ3v) is 5.15. The lowest BCUT2D eigenvalue weighted by molar-refractivity contribution is 0.0871. The molecule has 3 heterocycles. The van der Waals surface area contributed by atoms with Gasteiger partial charge in [-0.25, -0.2) is 18.4 Å². The molecule has 0 bridgehead atoms. The topological polar surface area (TPSA) is 115 Å². The van der Waals surface area contributed by atoms with Crippen molar-refractivity contribution >= 4 is 35.9 Å². The number of halogens is 3. The normalized spacial score (nSPS) is 17.7. The molecular weight excluding hydrogens is 480 g/mol. The van der Waals surface area contributed by atoms with Crippen molar-refractivity contribution in [3.63, 3.8) is 0 Å². The zero-order valence-electron chi connectivity index (χ0n) is 17.8. The maximum Gasteiger partial charge on any atom is 0.414 e. The Morgan fingerprint density at radius 2 is 2.06 bits per heavy atom. The van der Waals surface area contributed by atoms with Crippen molar-refractivity contribution in [3.8, 4) is 5.88 Å². The van der Waals surface area contributed by atoms with E-state index in [1.807, 2.05) is 0 Å². The molecule has 1 saturated heterocycles. The number of rotatable bonds is 7. The van der Waals surface area contributed by atoms with Gasteiger partial charge in [0.1, 0.15) is 31.1 Å². The number of aliphatic hydroxyl groups is 1. The second kappa shape index (κ2) is 11.2. The Labute approximate surface area is 199 Å². The smallest absolute Gasteiger partial charge is 0.414 e. The SMILES string of the molecule is Cl.O=C(OCCO)N1CC=C(c2c(F)cc(N3CC(COc4ccon4)OC3=O)cc2F)CC1. The molecule has 0 aliphatic carbocycles. The number of anilines is 1. The van der Waals surface area contributed by atoms with E-state index in [1.54, 1.807) is 6.08 Å². The summed E-state index contributed by atoms with van der Waals surface area (Å²) in [5.74, 6) is -1.43. The molecule has 2 aliphatic rings. The van der Waals surface area contributed by atoms with Crippen LogP contribution < -0.4 is 9.64 Å². The van der Waals surface area contributed by atoms with Crippen LogP contribution in [0, 0.1) is 11.6 Å². The van der Waals surface area contributed by atoms with Crippen LogP contribution in [0.3, 0.4) is 0 Å². The monoisotopic (exact) mass is 501 g/mol. The van der Waals surface area contributed by atoms with Crippen LogP contribution in [0.1, 0.15) is 12.0 Å². The Balaban J connectivity index is 0.00000324. The Morgan fingerprint density at radius 1 is 1.29 bits per heavy atom. The van der Waals surface area contributed by atoms with Gasteiger partial charge in [0, 0.05) is 24.7 Å². The van der Waals surface area contributed by atoms with Gasteiger partial charge < -0.3 is 28.7 Å². The fourth-order valence-electron chi connectivity index (χ4n) is 3.58. The highest BCUT2D eigenvalue weighted by Crippen LogP contribution is 2.32. The Kier molecular flexibility index (Phi) is 8.29. The van der Waals surface area contributed by atoms with Crippen molar-refractivity contribution in [2.75, 3.05) is 44.4 Å². The van der Waals surface area contributed by atoms with Gasteiger partial charge in [0.15, 0.2) is 6.10 Å². The van der Waals surface area contributed by atoms with E-state index in [2.05, 4.69) is 9.68 Å². The second-order valence-electron chi connectivity index (χ2n) is 7.31. The van der Waals surface area contributed by atoms with Gasteiger partial charge in [-0.05, 0) is 29.3 Å². The first-order valence-electron chi connectivity index (χ1n) is 10.2. The maximum absolute atomic E-state index is 14.9.